The van der Waals surface area contributed by atoms with Crippen molar-refractivity contribution in [2.75, 3.05) is 16.3 Å². The van der Waals surface area contributed by atoms with E-state index in [1.807, 2.05) is 13.0 Å². The number of rotatable bonds is 4. The second kappa shape index (κ2) is 8.05. The second-order valence-corrected chi connectivity index (χ2v) is 10.2. The minimum absolute atomic E-state index is 0.0340. The minimum atomic E-state index is -0.637. The fourth-order valence-electron chi connectivity index (χ4n) is 5.91. The van der Waals surface area contributed by atoms with Crippen molar-refractivity contribution in [1.82, 2.24) is 0 Å². The van der Waals surface area contributed by atoms with Crippen molar-refractivity contribution in [3.63, 3.8) is 0 Å². The van der Waals surface area contributed by atoms with E-state index in [-0.39, 0.29) is 60.1 Å². The Morgan fingerprint density at radius 2 is 1.69 bits per heavy atom. The molecule has 2 saturated heterocycles. The molecule has 8 heteroatoms. The Balaban J connectivity index is 1.17. The number of esters is 1. The summed E-state index contributed by atoms with van der Waals surface area (Å²) in [5.74, 6) is -1.83. The lowest BCUT2D eigenvalue weighted by molar-refractivity contribution is -0.139. The van der Waals surface area contributed by atoms with Crippen LogP contribution in [0.4, 0.5) is 11.4 Å². The molecule has 2 aliphatic heterocycles. The number of nitrogens with zero attached hydrogens (tertiary/aromatic N) is 2. The van der Waals surface area contributed by atoms with Crippen molar-refractivity contribution in [3.8, 4) is 5.75 Å². The maximum absolute atomic E-state index is 13.1. The molecule has 5 atom stereocenters. The Morgan fingerprint density at radius 1 is 0.971 bits per heavy atom. The molecule has 7 nitrogen and oxygen atoms in total. The quantitative estimate of drug-likeness (QED) is 0.281. The Kier molecular flexibility index (Phi) is 5.07. The summed E-state index contributed by atoms with van der Waals surface area (Å²) >= 11 is 6.20. The van der Waals surface area contributed by atoms with Gasteiger partial charge in [-0.3, -0.25) is 19.2 Å². The standard InChI is InChI=1S/C27H23ClN2O5/c1-14-5-8-18(12-21(14)28)29-13-17(10-22(29)31)27(34)35-20-4-2-3-19(11-20)30-25(32)23-15-6-7-16(9-15)24(23)26(30)33/h2-8,11-12,15-17,23-24H,9-10,13H2,1H3/t15-,16-,17+,23-,24+/m0/s1. The molecule has 2 aromatic rings. The number of fused-ring (bicyclic) bond motifs is 5. The first-order valence-corrected chi connectivity index (χ1v) is 12.1. The summed E-state index contributed by atoms with van der Waals surface area (Å²) in [6.45, 7) is 2.07. The van der Waals surface area contributed by atoms with Crippen molar-refractivity contribution in [2.45, 2.75) is 19.8 Å². The molecule has 2 aromatic carbocycles. The molecule has 2 bridgehead atoms. The molecule has 35 heavy (non-hydrogen) atoms. The lowest BCUT2D eigenvalue weighted by atomic mass is 9.85. The summed E-state index contributed by atoms with van der Waals surface area (Å²) in [5.41, 5.74) is 1.95. The van der Waals surface area contributed by atoms with Crippen LogP contribution in [0.25, 0.3) is 0 Å². The van der Waals surface area contributed by atoms with Crippen molar-refractivity contribution in [2.24, 2.45) is 29.6 Å². The number of aryl methyl sites for hydroxylation is 1. The second-order valence-electron chi connectivity index (χ2n) is 9.77. The molecule has 0 aromatic heterocycles. The van der Waals surface area contributed by atoms with Crippen LogP contribution in [0.1, 0.15) is 18.4 Å². The number of halogens is 1. The van der Waals surface area contributed by atoms with E-state index in [1.54, 1.807) is 36.4 Å². The van der Waals surface area contributed by atoms with Gasteiger partial charge in [-0.2, -0.15) is 0 Å². The van der Waals surface area contributed by atoms with E-state index in [0.29, 0.717) is 16.4 Å². The van der Waals surface area contributed by atoms with Gasteiger partial charge in [0.05, 0.1) is 23.4 Å². The largest absolute Gasteiger partial charge is 0.426 e. The Labute approximate surface area is 207 Å². The molecule has 0 N–H and O–H groups in total. The van der Waals surface area contributed by atoms with Gasteiger partial charge < -0.3 is 9.64 Å². The van der Waals surface area contributed by atoms with E-state index in [0.717, 1.165) is 12.0 Å². The highest BCUT2D eigenvalue weighted by Gasteiger charge is 2.59. The Bertz CT molecular complexity index is 1290. The number of carbonyl (C=O) groups excluding carboxylic acids is 4. The van der Waals surface area contributed by atoms with Crippen LogP contribution in [0.15, 0.2) is 54.6 Å². The van der Waals surface area contributed by atoms with Crippen LogP contribution in [0, 0.1) is 36.5 Å². The van der Waals surface area contributed by atoms with Gasteiger partial charge in [0.1, 0.15) is 5.75 Å². The monoisotopic (exact) mass is 490 g/mol. The normalized spacial score (nSPS) is 28.9. The Morgan fingerprint density at radius 3 is 2.37 bits per heavy atom. The zero-order valence-electron chi connectivity index (χ0n) is 19.0. The third-order valence-electron chi connectivity index (χ3n) is 7.69. The molecule has 178 valence electrons. The molecular formula is C27H23ClN2O5. The molecule has 0 radical (unpaired) electrons. The third-order valence-corrected chi connectivity index (χ3v) is 8.10. The summed E-state index contributed by atoms with van der Waals surface area (Å²) in [4.78, 5) is 54.4. The molecule has 3 fully saturated rings. The number of carbonyl (C=O) groups is 4. The van der Waals surface area contributed by atoms with Gasteiger partial charge in [0.2, 0.25) is 17.7 Å². The van der Waals surface area contributed by atoms with Crippen LogP contribution in [-0.4, -0.2) is 30.2 Å². The zero-order chi connectivity index (χ0) is 24.4. The lowest BCUT2D eigenvalue weighted by Crippen LogP contribution is -2.32. The van der Waals surface area contributed by atoms with Crippen molar-refractivity contribution in [3.05, 3.63) is 65.2 Å². The van der Waals surface area contributed by atoms with Gasteiger partial charge in [-0.1, -0.05) is 35.9 Å². The number of benzene rings is 2. The van der Waals surface area contributed by atoms with Gasteiger partial charge in [-0.05, 0) is 55.0 Å². The highest BCUT2D eigenvalue weighted by molar-refractivity contribution is 6.31. The Hall–Kier alpha value is -3.45. The van der Waals surface area contributed by atoms with E-state index >= 15 is 0 Å². The van der Waals surface area contributed by atoms with Crippen LogP contribution in [0.5, 0.6) is 5.75 Å². The van der Waals surface area contributed by atoms with Gasteiger partial charge in [0.25, 0.3) is 0 Å². The van der Waals surface area contributed by atoms with Crippen LogP contribution in [0.2, 0.25) is 5.02 Å². The smallest absolute Gasteiger partial charge is 0.316 e. The van der Waals surface area contributed by atoms with Crippen LogP contribution >= 0.6 is 11.6 Å². The number of hydrogen-bond acceptors (Lipinski definition) is 5. The molecule has 2 heterocycles. The molecule has 6 rings (SSSR count). The van der Waals surface area contributed by atoms with E-state index in [9.17, 15) is 19.2 Å². The van der Waals surface area contributed by atoms with Crippen LogP contribution in [0.3, 0.4) is 0 Å². The maximum atomic E-state index is 13.1. The first kappa shape index (κ1) is 22.0. The fraction of sp³-hybridized carbons (Fsp3) is 0.333. The zero-order valence-corrected chi connectivity index (χ0v) is 19.8. The number of hydrogen-bond donors (Lipinski definition) is 0. The number of anilines is 2. The van der Waals surface area contributed by atoms with E-state index in [2.05, 4.69) is 12.2 Å². The van der Waals surface area contributed by atoms with E-state index in [4.69, 9.17) is 16.3 Å². The summed E-state index contributed by atoms with van der Waals surface area (Å²) in [7, 11) is 0. The number of amides is 3. The van der Waals surface area contributed by atoms with Gasteiger partial charge in [0.15, 0.2) is 0 Å². The van der Waals surface area contributed by atoms with E-state index < -0.39 is 11.9 Å². The molecule has 0 spiro atoms. The summed E-state index contributed by atoms with van der Waals surface area (Å²) in [6, 6.07) is 11.8. The molecule has 1 saturated carbocycles. The molecule has 2 aliphatic carbocycles. The number of ether oxygens (including phenoxy) is 1. The predicted molar refractivity (Wildman–Crippen MR) is 129 cm³/mol. The minimum Gasteiger partial charge on any atom is -0.426 e. The maximum Gasteiger partial charge on any atom is 0.316 e. The highest BCUT2D eigenvalue weighted by atomic mass is 35.5. The highest BCUT2D eigenvalue weighted by Crippen LogP contribution is 2.53. The van der Waals surface area contributed by atoms with Crippen LogP contribution < -0.4 is 14.5 Å². The summed E-state index contributed by atoms with van der Waals surface area (Å²) < 4.78 is 5.59. The first-order valence-electron chi connectivity index (χ1n) is 11.8. The SMILES string of the molecule is Cc1ccc(N2C[C@H](C(=O)Oc3cccc(N4C(=O)[C@@H]5[C@H](C4=O)[C@H]4C=C[C@H]5C4)c3)CC2=O)cc1Cl. The average molecular weight is 491 g/mol. The molecule has 0 unspecified atom stereocenters. The topological polar surface area (TPSA) is 84.0 Å². The average Bonchev–Trinajstić information content (AvgIpc) is 3.59. The molecule has 4 aliphatic rings. The van der Waals surface area contributed by atoms with Crippen molar-refractivity contribution in [1.29, 1.82) is 0 Å². The number of allylic oxidation sites excluding steroid dienone is 2. The van der Waals surface area contributed by atoms with Crippen LogP contribution in [-0.2, 0) is 19.2 Å². The molecule has 3 amide bonds. The molecular weight excluding hydrogens is 468 g/mol. The van der Waals surface area contributed by atoms with Crippen molar-refractivity contribution < 1.29 is 23.9 Å². The van der Waals surface area contributed by atoms with E-state index in [1.165, 1.54) is 9.80 Å². The van der Waals surface area contributed by atoms with Gasteiger partial charge in [-0.15, -0.1) is 0 Å². The summed E-state index contributed by atoms with van der Waals surface area (Å²) in [5, 5.41) is 0.553. The number of imide groups is 1. The fourth-order valence-corrected chi connectivity index (χ4v) is 6.08. The first-order chi connectivity index (χ1) is 16.8. The van der Waals surface area contributed by atoms with Gasteiger partial charge in [-0.25, -0.2) is 4.90 Å². The summed E-state index contributed by atoms with van der Waals surface area (Å²) in [6.07, 6.45) is 5.00. The van der Waals surface area contributed by atoms with Gasteiger partial charge in [0, 0.05) is 29.7 Å². The lowest BCUT2D eigenvalue weighted by Gasteiger charge is -2.19. The third kappa shape index (κ3) is 3.48. The van der Waals surface area contributed by atoms with Crippen molar-refractivity contribution >= 4 is 46.7 Å². The van der Waals surface area contributed by atoms with Gasteiger partial charge >= 0.3 is 5.97 Å². The predicted octanol–water partition coefficient (Wildman–Crippen LogP) is 3.92.